The van der Waals surface area contributed by atoms with Gasteiger partial charge in [-0.25, -0.2) is 0 Å². The van der Waals surface area contributed by atoms with Crippen molar-refractivity contribution in [2.45, 2.75) is 25.0 Å². The smallest absolute Gasteiger partial charge is 0.263 e. The first-order valence-electron chi connectivity index (χ1n) is 10.3. The zero-order valence-corrected chi connectivity index (χ0v) is 18.5. The number of allylic oxidation sites excluding steroid dienone is 1. The molecule has 164 valence electrons. The largest absolute Gasteiger partial charge is 0.494 e. The number of hydrogen-bond donors (Lipinski definition) is 1. The molecular formula is C23H23N5O3S. The molecule has 2 aromatic heterocycles. The quantitative estimate of drug-likeness (QED) is 0.309. The molecule has 2 aromatic carbocycles. The summed E-state index contributed by atoms with van der Waals surface area (Å²) < 4.78 is 8.94. The molecule has 0 atom stereocenters. The van der Waals surface area contributed by atoms with Crippen LogP contribution in [0.4, 0.5) is 5.69 Å². The number of amides is 1. The number of carbonyl (C=O) groups excluding carboxylic acids is 1. The SMILES string of the molecule is C=CCn1c(=O)c2ccccc2n2c(SCC(=O)Nc3cccc(OCCC)c3)nnc12. The van der Waals surface area contributed by atoms with Gasteiger partial charge in [-0.2, -0.15) is 0 Å². The van der Waals surface area contributed by atoms with Crippen LogP contribution in [0.25, 0.3) is 16.7 Å². The lowest BCUT2D eigenvalue weighted by Gasteiger charge is -2.10. The van der Waals surface area contributed by atoms with Gasteiger partial charge in [-0.3, -0.25) is 18.6 Å². The Morgan fingerprint density at radius 1 is 1.22 bits per heavy atom. The molecule has 0 fully saturated rings. The van der Waals surface area contributed by atoms with E-state index in [1.54, 1.807) is 22.6 Å². The summed E-state index contributed by atoms with van der Waals surface area (Å²) in [6.07, 6.45) is 2.55. The molecule has 0 saturated heterocycles. The van der Waals surface area contributed by atoms with Gasteiger partial charge < -0.3 is 10.1 Å². The summed E-state index contributed by atoms with van der Waals surface area (Å²) in [5.41, 5.74) is 1.21. The fraction of sp³-hybridized carbons (Fsp3) is 0.217. The first-order valence-corrected chi connectivity index (χ1v) is 11.2. The van der Waals surface area contributed by atoms with Crippen molar-refractivity contribution in [3.63, 3.8) is 0 Å². The lowest BCUT2D eigenvalue weighted by atomic mass is 10.2. The molecule has 0 saturated carbocycles. The number of benzene rings is 2. The molecule has 0 aliphatic rings. The highest BCUT2D eigenvalue weighted by molar-refractivity contribution is 7.99. The van der Waals surface area contributed by atoms with E-state index in [9.17, 15) is 9.59 Å². The van der Waals surface area contributed by atoms with E-state index in [0.29, 0.717) is 46.4 Å². The Morgan fingerprint density at radius 2 is 2.06 bits per heavy atom. The molecule has 0 spiro atoms. The van der Waals surface area contributed by atoms with E-state index in [4.69, 9.17) is 4.74 Å². The summed E-state index contributed by atoms with van der Waals surface area (Å²) in [6.45, 7) is 6.70. The Labute approximate surface area is 188 Å². The lowest BCUT2D eigenvalue weighted by Crippen LogP contribution is -2.22. The van der Waals surface area contributed by atoms with Gasteiger partial charge in [0.2, 0.25) is 11.7 Å². The number of anilines is 1. The molecule has 0 aliphatic carbocycles. The molecule has 1 amide bonds. The van der Waals surface area contributed by atoms with Gasteiger partial charge in [0.25, 0.3) is 5.56 Å². The lowest BCUT2D eigenvalue weighted by molar-refractivity contribution is -0.113. The van der Waals surface area contributed by atoms with Crippen LogP contribution in [0.2, 0.25) is 0 Å². The summed E-state index contributed by atoms with van der Waals surface area (Å²) in [5, 5.41) is 12.4. The van der Waals surface area contributed by atoms with Crippen LogP contribution in [-0.2, 0) is 11.3 Å². The van der Waals surface area contributed by atoms with Crippen molar-refractivity contribution in [3.05, 3.63) is 71.5 Å². The van der Waals surface area contributed by atoms with Crippen LogP contribution in [0.5, 0.6) is 5.75 Å². The minimum Gasteiger partial charge on any atom is -0.494 e. The molecule has 9 heteroatoms. The molecule has 0 bridgehead atoms. The van der Waals surface area contributed by atoms with E-state index in [1.165, 1.54) is 16.3 Å². The van der Waals surface area contributed by atoms with Crippen molar-refractivity contribution in [2.24, 2.45) is 0 Å². The first-order chi connectivity index (χ1) is 15.6. The maximum Gasteiger partial charge on any atom is 0.263 e. The molecular weight excluding hydrogens is 426 g/mol. The molecule has 2 heterocycles. The van der Waals surface area contributed by atoms with Gasteiger partial charge in [-0.1, -0.05) is 43.0 Å². The average molecular weight is 450 g/mol. The van der Waals surface area contributed by atoms with Crippen LogP contribution >= 0.6 is 11.8 Å². The number of carbonyl (C=O) groups is 1. The summed E-state index contributed by atoms with van der Waals surface area (Å²) in [5.74, 6) is 1.09. The van der Waals surface area contributed by atoms with E-state index in [1.807, 2.05) is 43.3 Å². The molecule has 8 nitrogen and oxygen atoms in total. The van der Waals surface area contributed by atoms with Crippen molar-refractivity contribution >= 4 is 40.0 Å². The second kappa shape index (κ2) is 9.69. The summed E-state index contributed by atoms with van der Waals surface area (Å²) >= 11 is 1.25. The second-order valence-corrected chi connectivity index (χ2v) is 8.00. The van der Waals surface area contributed by atoms with Gasteiger partial charge in [-0.05, 0) is 30.7 Å². The fourth-order valence-corrected chi connectivity index (χ4v) is 4.07. The van der Waals surface area contributed by atoms with Crippen molar-refractivity contribution in [2.75, 3.05) is 17.7 Å². The number of fused-ring (bicyclic) bond motifs is 3. The molecule has 4 aromatic rings. The zero-order chi connectivity index (χ0) is 22.5. The topological polar surface area (TPSA) is 90.5 Å². The van der Waals surface area contributed by atoms with E-state index >= 15 is 0 Å². The minimum atomic E-state index is -0.178. The predicted octanol–water partition coefficient (Wildman–Crippen LogP) is 3.75. The number of ether oxygens (including phenoxy) is 1. The van der Waals surface area contributed by atoms with Crippen LogP contribution in [-0.4, -0.2) is 37.4 Å². The molecule has 32 heavy (non-hydrogen) atoms. The van der Waals surface area contributed by atoms with E-state index in [0.717, 1.165) is 6.42 Å². The number of thioether (sulfide) groups is 1. The minimum absolute atomic E-state index is 0.135. The number of nitrogens with zero attached hydrogens (tertiary/aromatic N) is 4. The molecule has 0 radical (unpaired) electrons. The van der Waals surface area contributed by atoms with Crippen LogP contribution in [0.3, 0.4) is 0 Å². The van der Waals surface area contributed by atoms with Gasteiger partial charge in [0.15, 0.2) is 5.16 Å². The Kier molecular flexibility index (Phi) is 6.55. The van der Waals surface area contributed by atoms with E-state index in [2.05, 4.69) is 22.1 Å². The summed E-state index contributed by atoms with van der Waals surface area (Å²) in [6, 6.07) is 14.6. The highest BCUT2D eigenvalue weighted by atomic mass is 32.2. The van der Waals surface area contributed by atoms with Gasteiger partial charge in [0.1, 0.15) is 5.75 Å². The first kappa shape index (κ1) is 21.6. The van der Waals surface area contributed by atoms with Crippen molar-refractivity contribution in [1.82, 2.24) is 19.2 Å². The van der Waals surface area contributed by atoms with E-state index < -0.39 is 0 Å². The predicted molar refractivity (Wildman–Crippen MR) is 127 cm³/mol. The third kappa shape index (κ3) is 4.38. The van der Waals surface area contributed by atoms with E-state index in [-0.39, 0.29) is 17.2 Å². The standard InChI is InChI=1S/C23H23N5O3S/c1-3-12-27-21(30)18-10-5-6-11-19(18)28-22(27)25-26-23(28)32-15-20(29)24-16-8-7-9-17(14-16)31-13-4-2/h3,5-11,14H,1,4,12-13,15H2,2H3,(H,24,29). The maximum absolute atomic E-state index is 12.9. The fourth-order valence-electron chi connectivity index (χ4n) is 3.33. The number of hydrogen-bond acceptors (Lipinski definition) is 6. The van der Waals surface area contributed by atoms with Gasteiger partial charge in [-0.15, -0.1) is 16.8 Å². The van der Waals surface area contributed by atoms with Crippen LogP contribution in [0.1, 0.15) is 13.3 Å². The number of nitrogens with one attached hydrogen (secondary N) is 1. The number of aromatic nitrogens is 4. The highest BCUT2D eigenvalue weighted by Gasteiger charge is 2.17. The molecule has 0 unspecified atom stereocenters. The average Bonchev–Trinajstić information content (AvgIpc) is 3.23. The third-order valence-corrected chi connectivity index (χ3v) is 5.64. The summed E-state index contributed by atoms with van der Waals surface area (Å²) in [4.78, 5) is 25.4. The van der Waals surface area contributed by atoms with Crippen molar-refractivity contribution in [3.8, 4) is 5.75 Å². The molecule has 0 aliphatic heterocycles. The van der Waals surface area contributed by atoms with Gasteiger partial charge in [0.05, 0.1) is 23.3 Å². The monoisotopic (exact) mass is 449 g/mol. The molecule has 1 N–H and O–H groups in total. The molecule has 4 rings (SSSR count). The Morgan fingerprint density at radius 3 is 2.88 bits per heavy atom. The maximum atomic E-state index is 12.9. The highest BCUT2D eigenvalue weighted by Crippen LogP contribution is 2.22. The van der Waals surface area contributed by atoms with Crippen molar-refractivity contribution < 1.29 is 9.53 Å². The van der Waals surface area contributed by atoms with Crippen LogP contribution < -0.4 is 15.6 Å². The second-order valence-electron chi connectivity index (χ2n) is 7.05. The number of rotatable bonds is 9. The Balaban J connectivity index is 1.57. The third-order valence-electron chi connectivity index (χ3n) is 4.71. The summed E-state index contributed by atoms with van der Waals surface area (Å²) in [7, 11) is 0. The normalized spacial score (nSPS) is 11.0. The van der Waals surface area contributed by atoms with Crippen LogP contribution in [0, 0.1) is 0 Å². The Hall–Kier alpha value is -3.59. The Bertz CT molecular complexity index is 1340. The number of para-hydroxylation sites is 1. The van der Waals surface area contributed by atoms with Gasteiger partial charge >= 0.3 is 0 Å². The van der Waals surface area contributed by atoms with Gasteiger partial charge in [0, 0.05) is 18.3 Å². The zero-order valence-electron chi connectivity index (χ0n) is 17.7. The van der Waals surface area contributed by atoms with Crippen molar-refractivity contribution in [1.29, 1.82) is 0 Å². The van der Waals surface area contributed by atoms with Crippen LogP contribution in [0.15, 0.2) is 71.1 Å².